The second kappa shape index (κ2) is 4.46. The van der Waals surface area contributed by atoms with Crippen LogP contribution in [-0.2, 0) is 4.74 Å². The van der Waals surface area contributed by atoms with Gasteiger partial charge in [0.05, 0.1) is 6.10 Å². The Hall–Kier alpha value is -1.33. The zero-order chi connectivity index (χ0) is 10.7. The molecule has 0 bridgehead atoms. The second-order valence-corrected chi connectivity index (χ2v) is 3.74. The van der Waals surface area contributed by atoms with Gasteiger partial charge in [-0.15, -0.1) is 0 Å². The lowest BCUT2D eigenvalue weighted by molar-refractivity contribution is 0.0329. The molecule has 2 rings (SSSR count). The summed E-state index contributed by atoms with van der Waals surface area (Å²) in [5.74, 6) is 5.95. The van der Waals surface area contributed by atoms with Crippen LogP contribution < -0.4 is 16.6 Å². The molecule has 0 spiro atoms. The highest BCUT2D eigenvalue weighted by Crippen LogP contribution is 2.26. The molecule has 1 aliphatic carbocycles. The Labute approximate surface area is 89.0 Å². The molecule has 0 aromatic carbocycles. The number of hydrogen-bond acceptors (Lipinski definition) is 5. The molecule has 1 fully saturated rings. The van der Waals surface area contributed by atoms with Crippen LogP contribution in [0, 0.1) is 0 Å². The number of ether oxygens (including phenoxy) is 1. The van der Waals surface area contributed by atoms with Crippen molar-refractivity contribution in [1.29, 1.82) is 0 Å². The van der Waals surface area contributed by atoms with Crippen LogP contribution in [0.15, 0.2) is 18.3 Å². The fraction of sp³-hybridized carbons (Fsp3) is 0.500. The van der Waals surface area contributed by atoms with Crippen molar-refractivity contribution in [3.63, 3.8) is 0 Å². The average Bonchev–Trinajstić information content (AvgIpc) is 2.23. The minimum atomic E-state index is 0.413. The molecule has 0 atom stereocenters. The van der Waals surface area contributed by atoms with Crippen LogP contribution in [0.1, 0.15) is 12.8 Å². The first kappa shape index (κ1) is 10.2. The Morgan fingerprint density at radius 1 is 1.53 bits per heavy atom. The zero-order valence-corrected chi connectivity index (χ0v) is 8.73. The van der Waals surface area contributed by atoms with Crippen molar-refractivity contribution in [1.82, 2.24) is 4.98 Å². The molecule has 82 valence electrons. The number of nitrogens with one attached hydrogen (secondary N) is 2. The summed E-state index contributed by atoms with van der Waals surface area (Å²) in [6, 6.07) is 4.32. The molecule has 0 radical (unpaired) electrons. The van der Waals surface area contributed by atoms with Crippen molar-refractivity contribution < 1.29 is 4.74 Å². The highest BCUT2D eigenvalue weighted by atomic mass is 16.5. The smallest absolute Gasteiger partial charge is 0.141 e. The topological polar surface area (TPSA) is 72.2 Å². The number of anilines is 2. The highest BCUT2D eigenvalue weighted by Gasteiger charge is 2.28. The van der Waals surface area contributed by atoms with E-state index in [4.69, 9.17) is 10.6 Å². The molecule has 0 amide bonds. The number of pyridine rings is 1. The van der Waals surface area contributed by atoms with E-state index < -0.39 is 0 Å². The summed E-state index contributed by atoms with van der Waals surface area (Å²) in [4.78, 5) is 4.04. The van der Waals surface area contributed by atoms with E-state index in [-0.39, 0.29) is 0 Å². The third kappa shape index (κ3) is 2.37. The van der Waals surface area contributed by atoms with Gasteiger partial charge in [-0.1, -0.05) is 0 Å². The van der Waals surface area contributed by atoms with E-state index in [1.165, 1.54) is 0 Å². The van der Waals surface area contributed by atoms with E-state index in [1.54, 1.807) is 13.3 Å². The first-order chi connectivity index (χ1) is 7.31. The minimum Gasteiger partial charge on any atom is -0.382 e. The summed E-state index contributed by atoms with van der Waals surface area (Å²) < 4.78 is 5.21. The molecular formula is C10H16N4O. The summed E-state index contributed by atoms with van der Waals surface area (Å²) in [6.45, 7) is 0. The van der Waals surface area contributed by atoms with E-state index in [0.29, 0.717) is 18.0 Å². The third-order valence-corrected chi connectivity index (χ3v) is 2.71. The summed E-state index contributed by atoms with van der Waals surface area (Å²) in [7, 11) is 1.75. The van der Waals surface area contributed by atoms with Crippen molar-refractivity contribution in [3.05, 3.63) is 18.3 Å². The lowest BCUT2D eigenvalue weighted by Gasteiger charge is -2.35. The van der Waals surface area contributed by atoms with Gasteiger partial charge in [0, 0.05) is 31.1 Å². The third-order valence-electron chi connectivity index (χ3n) is 2.71. The Morgan fingerprint density at radius 2 is 2.33 bits per heavy atom. The molecule has 1 aromatic heterocycles. The lowest BCUT2D eigenvalue weighted by Crippen LogP contribution is -2.40. The quantitative estimate of drug-likeness (QED) is 0.507. The van der Waals surface area contributed by atoms with Crippen molar-refractivity contribution in [2.75, 3.05) is 17.9 Å². The van der Waals surface area contributed by atoms with E-state index in [0.717, 1.165) is 18.5 Å². The van der Waals surface area contributed by atoms with Crippen LogP contribution in [0.5, 0.6) is 0 Å². The standard InChI is InChI=1S/C10H16N4O/c1-15-9-4-8(5-9)13-7-2-3-12-10(6-7)14-11/h2-3,6,8-9H,4-5,11H2,1H3,(H2,12,13,14). The molecule has 1 saturated carbocycles. The van der Waals surface area contributed by atoms with E-state index in [9.17, 15) is 0 Å². The number of methoxy groups -OCH3 is 1. The van der Waals surface area contributed by atoms with Crippen LogP contribution in [0.4, 0.5) is 11.5 Å². The Morgan fingerprint density at radius 3 is 3.00 bits per heavy atom. The van der Waals surface area contributed by atoms with Gasteiger partial charge in [-0.25, -0.2) is 10.8 Å². The molecular weight excluding hydrogens is 192 g/mol. The maximum atomic E-state index is 5.28. The molecule has 1 aliphatic rings. The van der Waals surface area contributed by atoms with E-state index >= 15 is 0 Å². The molecule has 5 nitrogen and oxygen atoms in total. The second-order valence-electron chi connectivity index (χ2n) is 3.74. The summed E-state index contributed by atoms with van der Waals surface area (Å²) >= 11 is 0. The first-order valence-corrected chi connectivity index (χ1v) is 5.04. The van der Waals surface area contributed by atoms with Gasteiger partial charge in [0.25, 0.3) is 0 Å². The van der Waals surface area contributed by atoms with Crippen LogP contribution in [0.2, 0.25) is 0 Å². The van der Waals surface area contributed by atoms with Crippen molar-refractivity contribution in [3.8, 4) is 0 Å². The molecule has 0 saturated heterocycles. The number of nitrogens with zero attached hydrogens (tertiary/aromatic N) is 1. The normalized spacial score (nSPS) is 24.4. The van der Waals surface area contributed by atoms with Gasteiger partial charge in [0.15, 0.2) is 0 Å². The largest absolute Gasteiger partial charge is 0.382 e. The van der Waals surface area contributed by atoms with Gasteiger partial charge in [0.2, 0.25) is 0 Å². The van der Waals surface area contributed by atoms with Gasteiger partial charge in [0.1, 0.15) is 5.82 Å². The molecule has 0 aliphatic heterocycles. The molecule has 15 heavy (non-hydrogen) atoms. The molecule has 1 aromatic rings. The molecule has 1 heterocycles. The Kier molecular flexibility index (Phi) is 3.03. The average molecular weight is 208 g/mol. The lowest BCUT2D eigenvalue weighted by atomic mass is 9.89. The van der Waals surface area contributed by atoms with Crippen LogP contribution in [-0.4, -0.2) is 24.2 Å². The monoisotopic (exact) mass is 208 g/mol. The zero-order valence-electron chi connectivity index (χ0n) is 8.73. The van der Waals surface area contributed by atoms with E-state index in [2.05, 4.69) is 15.7 Å². The minimum absolute atomic E-state index is 0.413. The van der Waals surface area contributed by atoms with E-state index in [1.807, 2.05) is 12.1 Å². The Bertz CT molecular complexity index is 325. The van der Waals surface area contributed by atoms with Gasteiger partial charge >= 0.3 is 0 Å². The highest BCUT2D eigenvalue weighted by molar-refractivity contribution is 5.52. The van der Waals surface area contributed by atoms with Gasteiger partial charge in [-0.3, -0.25) is 0 Å². The number of nitrogen functional groups attached to an aromatic ring is 1. The van der Waals surface area contributed by atoms with Crippen molar-refractivity contribution in [2.45, 2.75) is 25.0 Å². The van der Waals surface area contributed by atoms with Gasteiger partial charge < -0.3 is 15.5 Å². The van der Waals surface area contributed by atoms with Crippen molar-refractivity contribution >= 4 is 11.5 Å². The van der Waals surface area contributed by atoms with Gasteiger partial charge in [-0.2, -0.15) is 0 Å². The number of hydrogen-bond donors (Lipinski definition) is 3. The first-order valence-electron chi connectivity index (χ1n) is 5.04. The number of aromatic nitrogens is 1. The van der Waals surface area contributed by atoms with Crippen LogP contribution in [0.25, 0.3) is 0 Å². The predicted octanol–water partition coefficient (Wildman–Crippen LogP) is 0.956. The molecule has 5 heteroatoms. The predicted molar refractivity (Wildman–Crippen MR) is 59.5 cm³/mol. The number of hydrazine groups is 1. The van der Waals surface area contributed by atoms with Crippen LogP contribution >= 0.6 is 0 Å². The number of rotatable bonds is 4. The summed E-state index contributed by atoms with van der Waals surface area (Å²) in [5.41, 5.74) is 3.56. The maximum absolute atomic E-state index is 5.28. The Balaban J connectivity index is 1.88. The van der Waals surface area contributed by atoms with Crippen molar-refractivity contribution in [2.24, 2.45) is 5.84 Å². The SMILES string of the molecule is COC1CC(Nc2ccnc(NN)c2)C1. The fourth-order valence-corrected chi connectivity index (χ4v) is 1.71. The number of nitrogens with two attached hydrogens (primary N) is 1. The molecule has 0 unspecified atom stereocenters. The van der Waals surface area contributed by atoms with Gasteiger partial charge in [-0.05, 0) is 18.9 Å². The fourth-order valence-electron chi connectivity index (χ4n) is 1.71. The maximum Gasteiger partial charge on any atom is 0.141 e. The molecule has 4 N–H and O–H groups in total. The van der Waals surface area contributed by atoms with Crippen LogP contribution in [0.3, 0.4) is 0 Å². The summed E-state index contributed by atoms with van der Waals surface area (Å²) in [6.07, 6.45) is 4.26. The summed E-state index contributed by atoms with van der Waals surface area (Å²) in [5, 5.41) is 3.40.